The van der Waals surface area contributed by atoms with Crippen LogP contribution in [0.15, 0.2) is 47.4 Å². The van der Waals surface area contributed by atoms with Crippen LogP contribution in [0.25, 0.3) is 0 Å². The van der Waals surface area contributed by atoms with Crippen molar-refractivity contribution in [3.63, 3.8) is 0 Å². The molecule has 0 saturated heterocycles. The van der Waals surface area contributed by atoms with Gasteiger partial charge in [0, 0.05) is 30.3 Å². The fourth-order valence-corrected chi connectivity index (χ4v) is 3.89. The van der Waals surface area contributed by atoms with Crippen LogP contribution in [0.3, 0.4) is 0 Å². The lowest BCUT2D eigenvalue weighted by Crippen LogP contribution is -2.25. The second-order valence-corrected chi connectivity index (χ2v) is 8.97. The predicted octanol–water partition coefficient (Wildman–Crippen LogP) is 3.42. The molecule has 0 aromatic heterocycles. The Hall–Kier alpha value is -2.74. The summed E-state index contributed by atoms with van der Waals surface area (Å²) in [5.41, 5.74) is 0.709. The number of nitrogens with one attached hydrogen (secondary N) is 2. The zero-order valence-electron chi connectivity index (χ0n) is 16.6. The van der Waals surface area contributed by atoms with Gasteiger partial charge in [-0.15, -0.1) is 0 Å². The Labute approximate surface area is 171 Å². The van der Waals surface area contributed by atoms with Crippen LogP contribution in [0.5, 0.6) is 11.5 Å². The lowest BCUT2D eigenvalue weighted by Gasteiger charge is -2.12. The zero-order chi connectivity index (χ0) is 20.9. The SMILES string of the molecule is CC(C)CCNC(=O)c1cccc(NS(=O)(=O)c2ccc3c(c2)OCCCO3)c1. The second-order valence-electron chi connectivity index (χ2n) is 7.28. The maximum atomic E-state index is 12.8. The molecule has 3 rings (SSSR count). The van der Waals surface area contributed by atoms with Gasteiger partial charge in [-0.1, -0.05) is 19.9 Å². The summed E-state index contributed by atoms with van der Waals surface area (Å²) >= 11 is 0. The average Bonchev–Trinajstić information content (AvgIpc) is 2.92. The normalized spacial score (nSPS) is 13.6. The molecule has 29 heavy (non-hydrogen) atoms. The molecule has 0 spiro atoms. The molecule has 7 nitrogen and oxygen atoms in total. The van der Waals surface area contributed by atoms with Crippen molar-refractivity contribution in [2.24, 2.45) is 5.92 Å². The van der Waals surface area contributed by atoms with Crippen LogP contribution in [0.2, 0.25) is 0 Å². The Morgan fingerprint density at radius 1 is 1.07 bits per heavy atom. The molecular weight excluding hydrogens is 392 g/mol. The van der Waals surface area contributed by atoms with Gasteiger partial charge in [0.15, 0.2) is 11.5 Å². The number of hydrogen-bond acceptors (Lipinski definition) is 5. The maximum absolute atomic E-state index is 12.8. The Bertz CT molecular complexity index is 973. The first-order chi connectivity index (χ1) is 13.8. The van der Waals surface area contributed by atoms with E-state index in [2.05, 4.69) is 23.9 Å². The minimum atomic E-state index is -3.85. The van der Waals surface area contributed by atoms with Crippen LogP contribution in [-0.4, -0.2) is 34.1 Å². The van der Waals surface area contributed by atoms with E-state index in [9.17, 15) is 13.2 Å². The molecule has 8 heteroatoms. The topological polar surface area (TPSA) is 93.7 Å². The van der Waals surface area contributed by atoms with E-state index in [0.717, 1.165) is 12.8 Å². The molecule has 1 amide bonds. The van der Waals surface area contributed by atoms with Gasteiger partial charge in [-0.05, 0) is 42.7 Å². The van der Waals surface area contributed by atoms with Gasteiger partial charge in [0.1, 0.15) is 0 Å². The molecule has 156 valence electrons. The van der Waals surface area contributed by atoms with Crippen molar-refractivity contribution in [3.05, 3.63) is 48.0 Å². The van der Waals surface area contributed by atoms with Crippen molar-refractivity contribution in [2.45, 2.75) is 31.6 Å². The van der Waals surface area contributed by atoms with Crippen LogP contribution >= 0.6 is 0 Å². The van der Waals surface area contributed by atoms with Crippen molar-refractivity contribution in [2.75, 3.05) is 24.5 Å². The third-order valence-electron chi connectivity index (χ3n) is 4.41. The third kappa shape index (κ3) is 5.63. The summed E-state index contributed by atoms with van der Waals surface area (Å²) in [6.07, 6.45) is 1.61. The number of carbonyl (C=O) groups excluding carboxylic acids is 1. The molecular formula is C21H26N2O5S. The highest BCUT2D eigenvalue weighted by Crippen LogP contribution is 2.32. The molecule has 2 aromatic carbocycles. The number of sulfonamides is 1. The molecule has 2 N–H and O–H groups in total. The smallest absolute Gasteiger partial charge is 0.262 e. The van der Waals surface area contributed by atoms with Gasteiger partial charge in [0.25, 0.3) is 15.9 Å². The van der Waals surface area contributed by atoms with Gasteiger partial charge in [-0.25, -0.2) is 8.42 Å². The first-order valence-corrected chi connectivity index (χ1v) is 11.1. The Morgan fingerprint density at radius 3 is 2.59 bits per heavy atom. The summed E-state index contributed by atoms with van der Waals surface area (Å²) in [5.74, 6) is 1.19. The van der Waals surface area contributed by atoms with Gasteiger partial charge in [-0.3, -0.25) is 9.52 Å². The highest BCUT2D eigenvalue weighted by molar-refractivity contribution is 7.92. The minimum Gasteiger partial charge on any atom is -0.490 e. The predicted molar refractivity (Wildman–Crippen MR) is 111 cm³/mol. The van der Waals surface area contributed by atoms with Crippen LogP contribution in [0.4, 0.5) is 5.69 Å². The second kappa shape index (κ2) is 9.17. The molecule has 0 radical (unpaired) electrons. The number of fused-ring (bicyclic) bond motifs is 1. The van der Waals surface area contributed by atoms with E-state index < -0.39 is 10.0 Å². The molecule has 0 bridgehead atoms. The highest BCUT2D eigenvalue weighted by atomic mass is 32.2. The quantitative estimate of drug-likeness (QED) is 0.719. The number of hydrogen-bond donors (Lipinski definition) is 2. The van der Waals surface area contributed by atoms with Gasteiger partial charge in [0.2, 0.25) is 0 Å². The number of ether oxygens (including phenoxy) is 2. The first-order valence-electron chi connectivity index (χ1n) is 9.66. The number of amides is 1. The van der Waals surface area contributed by atoms with E-state index in [4.69, 9.17) is 9.47 Å². The fourth-order valence-electron chi connectivity index (χ4n) is 2.83. The van der Waals surface area contributed by atoms with E-state index in [1.165, 1.54) is 18.2 Å². The number of benzene rings is 2. The summed E-state index contributed by atoms with van der Waals surface area (Å²) in [5, 5.41) is 2.85. The van der Waals surface area contributed by atoms with Gasteiger partial charge in [-0.2, -0.15) is 0 Å². The van der Waals surface area contributed by atoms with Crippen LogP contribution in [0, 0.1) is 5.92 Å². The minimum absolute atomic E-state index is 0.0635. The summed E-state index contributed by atoms with van der Waals surface area (Å²) in [6.45, 7) is 5.74. The molecule has 1 aliphatic rings. The van der Waals surface area contributed by atoms with Crippen LogP contribution < -0.4 is 19.5 Å². The summed E-state index contributed by atoms with van der Waals surface area (Å²) < 4.78 is 39.2. The van der Waals surface area contributed by atoms with Crippen molar-refractivity contribution < 1.29 is 22.7 Å². The summed E-state index contributed by atoms with van der Waals surface area (Å²) in [6, 6.07) is 10.9. The highest BCUT2D eigenvalue weighted by Gasteiger charge is 2.19. The largest absolute Gasteiger partial charge is 0.490 e. The van der Waals surface area contributed by atoms with Crippen molar-refractivity contribution >= 4 is 21.6 Å². The molecule has 0 saturated carbocycles. The maximum Gasteiger partial charge on any atom is 0.262 e. The molecule has 0 aliphatic carbocycles. The Balaban J connectivity index is 1.74. The summed E-state index contributed by atoms with van der Waals surface area (Å²) in [7, 11) is -3.85. The molecule has 2 aromatic rings. The van der Waals surface area contributed by atoms with Crippen LogP contribution in [-0.2, 0) is 10.0 Å². The molecule has 0 fully saturated rings. The zero-order valence-corrected chi connectivity index (χ0v) is 17.4. The number of anilines is 1. The lowest BCUT2D eigenvalue weighted by molar-refractivity contribution is 0.0952. The molecule has 0 atom stereocenters. The molecule has 1 aliphatic heterocycles. The first kappa shape index (κ1) is 21.0. The van der Waals surface area contributed by atoms with Crippen molar-refractivity contribution in [1.29, 1.82) is 0 Å². The van der Waals surface area contributed by atoms with Crippen molar-refractivity contribution in [1.82, 2.24) is 5.32 Å². The van der Waals surface area contributed by atoms with Crippen molar-refractivity contribution in [3.8, 4) is 11.5 Å². The van der Waals surface area contributed by atoms with E-state index in [-0.39, 0.29) is 10.8 Å². The molecule has 0 unspecified atom stereocenters. The average molecular weight is 419 g/mol. The fraction of sp³-hybridized carbons (Fsp3) is 0.381. The summed E-state index contributed by atoms with van der Waals surface area (Å²) in [4.78, 5) is 12.4. The standard InChI is InChI=1S/C21H26N2O5S/c1-15(2)9-10-22-21(24)16-5-3-6-17(13-16)23-29(25,26)18-7-8-19-20(14-18)28-12-4-11-27-19/h3,5-8,13-15,23H,4,9-12H2,1-2H3,(H,22,24). The molecule has 1 heterocycles. The van der Waals surface area contributed by atoms with Gasteiger partial charge >= 0.3 is 0 Å². The lowest BCUT2D eigenvalue weighted by atomic mass is 10.1. The van der Waals surface area contributed by atoms with E-state index in [1.54, 1.807) is 24.3 Å². The van der Waals surface area contributed by atoms with E-state index in [0.29, 0.717) is 48.4 Å². The van der Waals surface area contributed by atoms with Crippen LogP contribution in [0.1, 0.15) is 37.0 Å². The van der Waals surface area contributed by atoms with E-state index in [1.807, 2.05) is 0 Å². The van der Waals surface area contributed by atoms with E-state index >= 15 is 0 Å². The third-order valence-corrected chi connectivity index (χ3v) is 5.79. The Morgan fingerprint density at radius 2 is 1.83 bits per heavy atom. The van der Waals surface area contributed by atoms with Gasteiger partial charge in [0.05, 0.1) is 18.1 Å². The number of carbonyl (C=O) groups is 1. The monoisotopic (exact) mass is 418 g/mol. The number of rotatable bonds is 7. The Kier molecular flexibility index (Phi) is 6.64. The van der Waals surface area contributed by atoms with Gasteiger partial charge < -0.3 is 14.8 Å².